The van der Waals surface area contributed by atoms with E-state index in [9.17, 15) is 4.79 Å². The minimum atomic E-state index is 0.327. The topological polar surface area (TPSA) is 17.1 Å². The smallest absolute Gasteiger partial charge is 0.155 e. The van der Waals surface area contributed by atoms with Crippen LogP contribution in [0.5, 0.6) is 0 Å². The van der Waals surface area contributed by atoms with E-state index in [4.69, 9.17) is 0 Å². The maximum Gasteiger partial charge on any atom is 0.155 e. The molecule has 0 aliphatic heterocycles. The van der Waals surface area contributed by atoms with E-state index < -0.39 is 0 Å². The van der Waals surface area contributed by atoms with E-state index in [1.807, 2.05) is 13.8 Å². The average Bonchev–Trinajstić information content (AvgIpc) is 3.13. The lowest BCUT2D eigenvalue weighted by Crippen LogP contribution is -2.51. The zero-order chi connectivity index (χ0) is 23.7. The number of ketones is 1. The molecule has 3 fully saturated rings. The quantitative estimate of drug-likeness (QED) is 0.400. The Labute approximate surface area is 200 Å². The van der Waals surface area contributed by atoms with Crippen LogP contribution in [0.15, 0.2) is 11.6 Å². The third-order valence-electron chi connectivity index (χ3n) is 11.2. The van der Waals surface area contributed by atoms with Gasteiger partial charge in [0.05, 0.1) is 0 Å². The third-order valence-corrected chi connectivity index (χ3v) is 11.2. The second-order valence-electron chi connectivity index (χ2n) is 12.7. The highest BCUT2D eigenvalue weighted by atomic mass is 16.1. The molecule has 4 rings (SSSR count). The first kappa shape index (κ1) is 26.0. The summed E-state index contributed by atoms with van der Waals surface area (Å²) in [6.45, 7) is 19.0. The summed E-state index contributed by atoms with van der Waals surface area (Å²) in [5, 5.41) is 0. The minimum Gasteiger partial charge on any atom is -0.295 e. The fraction of sp³-hybridized carbons (Fsp3) is 0.903. The van der Waals surface area contributed by atoms with Gasteiger partial charge in [0, 0.05) is 6.42 Å². The Bertz CT molecular complexity index is 674. The predicted octanol–water partition coefficient (Wildman–Crippen LogP) is 9.26. The van der Waals surface area contributed by atoms with Gasteiger partial charge in [-0.25, -0.2) is 0 Å². The molecule has 184 valence electrons. The Morgan fingerprint density at radius 1 is 0.938 bits per heavy atom. The largest absolute Gasteiger partial charge is 0.295 e. The van der Waals surface area contributed by atoms with E-state index in [0.717, 1.165) is 54.3 Å². The zero-order valence-corrected chi connectivity index (χ0v) is 22.8. The van der Waals surface area contributed by atoms with Crippen LogP contribution in [0.1, 0.15) is 126 Å². The molecule has 0 bridgehead atoms. The van der Waals surface area contributed by atoms with E-state index in [0.29, 0.717) is 16.6 Å². The fourth-order valence-electron chi connectivity index (χ4n) is 9.22. The van der Waals surface area contributed by atoms with Crippen LogP contribution in [0, 0.1) is 52.3 Å². The molecule has 1 heteroatoms. The summed E-state index contributed by atoms with van der Waals surface area (Å²) in [4.78, 5) is 12.1. The van der Waals surface area contributed by atoms with Crippen LogP contribution in [0.4, 0.5) is 0 Å². The van der Waals surface area contributed by atoms with Gasteiger partial charge in [0.2, 0.25) is 0 Å². The molecule has 0 spiro atoms. The Hall–Kier alpha value is -0.590. The standard InChI is InChI=1S/C29H48O.C2H6/c1-7-21(19(2)3)9-8-20(4)25-12-13-26-24-11-10-22-18-23(30)14-16-28(22,5)27(24)15-17-29(25,26)6;1-2/h18-21,24-27H,7-17H2,1-6H3;1-2H3/t20-,21-,24+,25-,26?,27?,28+,29-;/m1./s1. The van der Waals surface area contributed by atoms with E-state index in [-0.39, 0.29) is 0 Å². The van der Waals surface area contributed by atoms with Crippen molar-refractivity contribution in [1.82, 2.24) is 0 Å². The maximum absolute atomic E-state index is 12.1. The highest BCUT2D eigenvalue weighted by Crippen LogP contribution is 2.67. The van der Waals surface area contributed by atoms with Gasteiger partial charge in [-0.1, -0.05) is 73.8 Å². The van der Waals surface area contributed by atoms with Crippen molar-refractivity contribution in [3.05, 3.63) is 11.6 Å². The van der Waals surface area contributed by atoms with Gasteiger partial charge in [-0.05, 0) is 110 Å². The van der Waals surface area contributed by atoms with Crippen LogP contribution in [-0.2, 0) is 4.79 Å². The SMILES string of the molecule is CC.CC[C@H](CC[C@@H](C)[C@H]1CCC2[C@@H]3CCC4=CC(=O)CC[C@]4(C)C3CC[C@@]21C)C(C)C. The summed E-state index contributed by atoms with van der Waals surface area (Å²) in [5.41, 5.74) is 2.42. The molecule has 1 nitrogen and oxygen atoms in total. The molecule has 0 aromatic carbocycles. The molecule has 4 aliphatic carbocycles. The summed E-state index contributed by atoms with van der Waals surface area (Å²) < 4.78 is 0. The second kappa shape index (κ2) is 10.4. The Morgan fingerprint density at radius 2 is 1.66 bits per heavy atom. The van der Waals surface area contributed by atoms with Gasteiger partial charge in [-0.3, -0.25) is 4.79 Å². The average molecular weight is 443 g/mol. The Kier molecular flexibility index (Phi) is 8.42. The number of rotatable bonds is 6. The highest BCUT2D eigenvalue weighted by molar-refractivity contribution is 5.91. The summed E-state index contributed by atoms with van der Waals surface area (Å²) in [7, 11) is 0. The van der Waals surface area contributed by atoms with E-state index in [1.54, 1.807) is 0 Å². The van der Waals surface area contributed by atoms with Crippen molar-refractivity contribution in [2.24, 2.45) is 52.3 Å². The van der Waals surface area contributed by atoms with E-state index in [2.05, 4.69) is 47.6 Å². The van der Waals surface area contributed by atoms with Crippen LogP contribution in [0.25, 0.3) is 0 Å². The molecular weight excluding hydrogens is 388 g/mol. The van der Waals surface area contributed by atoms with Crippen molar-refractivity contribution in [3.63, 3.8) is 0 Å². The number of allylic oxidation sites excluding steroid dienone is 1. The Morgan fingerprint density at radius 3 is 2.31 bits per heavy atom. The van der Waals surface area contributed by atoms with E-state index in [1.165, 1.54) is 63.4 Å². The first-order valence-corrected chi connectivity index (χ1v) is 14.4. The molecule has 0 N–H and O–H groups in total. The number of carbonyl (C=O) groups excluding carboxylic acids is 1. The molecule has 0 amide bonds. The summed E-state index contributed by atoms with van der Waals surface area (Å²) in [6, 6.07) is 0. The van der Waals surface area contributed by atoms with Gasteiger partial charge in [-0.2, -0.15) is 0 Å². The molecule has 3 saturated carbocycles. The zero-order valence-electron chi connectivity index (χ0n) is 22.8. The minimum absolute atomic E-state index is 0.327. The van der Waals surface area contributed by atoms with Crippen molar-refractivity contribution in [1.29, 1.82) is 0 Å². The lowest BCUT2D eigenvalue weighted by atomic mass is 9.46. The lowest BCUT2D eigenvalue weighted by Gasteiger charge is -2.58. The van der Waals surface area contributed by atoms with Crippen LogP contribution in [0.3, 0.4) is 0 Å². The monoisotopic (exact) mass is 442 g/mol. The molecule has 2 unspecified atom stereocenters. The van der Waals surface area contributed by atoms with Gasteiger partial charge in [0.25, 0.3) is 0 Å². The molecule has 4 aliphatic rings. The van der Waals surface area contributed by atoms with Crippen LogP contribution in [0.2, 0.25) is 0 Å². The van der Waals surface area contributed by atoms with E-state index >= 15 is 0 Å². The highest BCUT2D eigenvalue weighted by Gasteiger charge is 2.59. The normalized spacial score (nSPS) is 40.4. The summed E-state index contributed by atoms with van der Waals surface area (Å²) >= 11 is 0. The lowest BCUT2D eigenvalue weighted by molar-refractivity contribution is -0.117. The summed E-state index contributed by atoms with van der Waals surface area (Å²) in [6.07, 6.45) is 16.5. The van der Waals surface area contributed by atoms with Crippen LogP contribution < -0.4 is 0 Å². The fourth-order valence-corrected chi connectivity index (χ4v) is 9.22. The summed E-state index contributed by atoms with van der Waals surface area (Å²) in [5.74, 6) is 6.63. The molecule has 32 heavy (non-hydrogen) atoms. The number of hydrogen-bond donors (Lipinski definition) is 0. The first-order valence-electron chi connectivity index (χ1n) is 14.4. The van der Waals surface area contributed by atoms with Crippen molar-refractivity contribution < 1.29 is 4.79 Å². The molecule has 8 atom stereocenters. The van der Waals surface area contributed by atoms with Gasteiger partial charge in [-0.15, -0.1) is 0 Å². The molecule has 0 heterocycles. The molecular formula is C31H54O. The molecule has 0 aromatic heterocycles. The van der Waals surface area contributed by atoms with Crippen LogP contribution >= 0.6 is 0 Å². The Balaban J connectivity index is 0.00000141. The van der Waals surface area contributed by atoms with Crippen molar-refractivity contribution in [3.8, 4) is 0 Å². The van der Waals surface area contributed by atoms with Crippen molar-refractivity contribution in [2.45, 2.75) is 126 Å². The third kappa shape index (κ3) is 4.53. The van der Waals surface area contributed by atoms with Gasteiger partial charge in [0.15, 0.2) is 5.78 Å². The maximum atomic E-state index is 12.1. The van der Waals surface area contributed by atoms with Crippen molar-refractivity contribution >= 4 is 5.78 Å². The van der Waals surface area contributed by atoms with Crippen LogP contribution in [-0.4, -0.2) is 5.78 Å². The number of hydrogen-bond acceptors (Lipinski definition) is 1. The molecule has 0 aromatic rings. The number of fused-ring (bicyclic) bond motifs is 5. The van der Waals surface area contributed by atoms with Gasteiger partial charge in [0.1, 0.15) is 0 Å². The number of carbonyl (C=O) groups is 1. The molecule has 0 saturated heterocycles. The van der Waals surface area contributed by atoms with Crippen molar-refractivity contribution in [2.75, 3.05) is 0 Å². The first-order chi connectivity index (χ1) is 15.2. The predicted molar refractivity (Wildman–Crippen MR) is 139 cm³/mol. The van der Waals surface area contributed by atoms with Gasteiger partial charge < -0.3 is 0 Å². The van der Waals surface area contributed by atoms with Gasteiger partial charge >= 0.3 is 0 Å². The molecule has 0 radical (unpaired) electrons. The second-order valence-corrected chi connectivity index (χ2v) is 12.7.